The third-order valence-electron chi connectivity index (χ3n) is 6.97. The first-order valence-corrected chi connectivity index (χ1v) is 14.7. The Bertz CT molecular complexity index is 1300. The molecule has 1 aliphatic carbocycles. The van der Waals surface area contributed by atoms with E-state index in [0.717, 1.165) is 11.1 Å². The van der Waals surface area contributed by atoms with Gasteiger partial charge in [-0.05, 0) is 66.2 Å². The van der Waals surface area contributed by atoms with Crippen LogP contribution in [0.4, 0.5) is 0 Å². The number of hydrogen-bond acceptors (Lipinski definition) is 7. The molecule has 9 heteroatoms. The molecular formula is C29H39N3O5S. The molecule has 1 unspecified atom stereocenters. The number of esters is 1. The van der Waals surface area contributed by atoms with Crippen LogP contribution in [0.2, 0.25) is 0 Å². The summed E-state index contributed by atoms with van der Waals surface area (Å²) in [6, 6.07) is 10.9. The summed E-state index contributed by atoms with van der Waals surface area (Å²) in [5.74, 6) is -1.29. The fourth-order valence-corrected chi connectivity index (χ4v) is 6.27. The van der Waals surface area contributed by atoms with Crippen molar-refractivity contribution in [1.29, 1.82) is 0 Å². The highest BCUT2D eigenvalue weighted by molar-refractivity contribution is 7.89. The van der Waals surface area contributed by atoms with Gasteiger partial charge < -0.3 is 4.74 Å². The van der Waals surface area contributed by atoms with Crippen molar-refractivity contribution in [3.63, 3.8) is 0 Å². The molecule has 2 aromatic rings. The number of nitrogens with one attached hydrogen (secondary N) is 1. The van der Waals surface area contributed by atoms with Gasteiger partial charge in [-0.1, -0.05) is 83.2 Å². The minimum Gasteiger partial charge on any atom is -0.464 e. The third kappa shape index (κ3) is 5.82. The van der Waals surface area contributed by atoms with Crippen molar-refractivity contribution in [2.75, 3.05) is 6.61 Å². The molecule has 0 aromatic heterocycles. The molecule has 8 nitrogen and oxygen atoms in total. The number of rotatable bonds is 9. The van der Waals surface area contributed by atoms with Gasteiger partial charge in [0.25, 0.3) is 10.0 Å². The van der Waals surface area contributed by atoms with Gasteiger partial charge in [0.2, 0.25) is 11.3 Å². The summed E-state index contributed by atoms with van der Waals surface area (Å²) in [6.45, 7) is 13.6. The minimum absolute atomic E-state index is 0.0501. The van der Waals surface area contributed by atoms with E-state index in [4.69, 9.17) is 4.74 Å². The molecule has 0 bridgehead atoms. The Hall–Kier alpha value is -3.07. The summed E-state index contributed by atoms with van der Waals surface area (Å²) in [6.07, 6.45) is 1.13. The monoisotopic (exact) mass is 541 g/mol. The fraction of sp³-hybridized carbons (Fsp3) is 0.517. The summed E-state index contributed by atoms with van der Waals surface area (Å²) < 4.78 is 32.6. The van der Waals surface area contributed by atoms with Gasteiger partial charge >= 0.3 is 5.97 Å². The van der Waals surface area contributed by atoms with Crippen molar-refractivity contribution in [2.24, 2.45) is 10.3 Å². The van der Waals surface area contributed by atoms with E-state index in [2.05, 4.69) is 29.0 Å². The molecule has 38 heavy (non-hydrogen) atoms. The standard InChI is InChI=1S/C29H39N3O5S/c1-8-37-28(34)29(15-11-13-21-12-9-10-14-23(21)27(29)33)30-31-32-38(35,36)26-24(19(4)5)16-22(18(2)3)17-25(26)20(6)7/h9-10,12,14,16-20H,8,11,13,15H2,1-7H3,(H,30,32). The maximum absolute atomic E-state index is 13.7. The molecule has 3 rings (SSSR count). The molecule has 0 heterocycles. The van der Waals surface area contributed by atoms with Crippen molar-refractivity contribution in [3.05, 3.63) is 64.2 Å². The second-order valence-electron chi connectivity index (χ2n) is 10.7. The van der Waals surface area contributed by atoms with Gasteiger partial charge in [0.1, 0.15) is 0 Å². The molecule has 0 saturated carbocycles. The van der Waals surface area contributed by atoms with Gasteiger partial charge in [-0.25, -0.2) is 4.79 Å². The van der Waals surface area contributed by atoms with E-state index in [0.29, 0.717) is 29.5 Å². The Kier molecular flexibility index (Phi) is 9.13. The number of ether oxygens (including phenoxy) is 1. The molecule has 1 atom stereocenters. The van der Waals surface area contributed by atoms with Crippen molar-refractivity contribution >= 4 is 21.8 Å². The summed E-state index contributed by atoms with van der Waals surface area (Å²) in [5.41, 5.74) is 1.64. The maximum Gasteiger partial charge on any atom is 0.344 e. The lowest BCUT2D eigenvalue weighted by Crippen LogP contribution is -2.46. The molecular weight excluding hydrogens is 502 g/mol. The van der Waals surface area contributed by atoms with Gasteiger partial charge in [-0.15, -0.1) is 5.11 Å². The zero-order valence-corrected chi connectivity index (χ0v) is 24.2. The molecule has 206 valence electrons. The summed E-state index contributed by atoms with van der Waals surface area (Å²) >= 11 is 0. The smallest absolute Gasteiger partial charge is 0.344 e. The second-order valence-corrected chi connectivity index (χ2v) is 12.3. The fourth-order valence-electron chi connectivity index (χ4n) is 4.82. The van der Waals surface area contributed by atoms with Crippen LogP contribution in [0.3, 0.4) is 0 Å². The van der Waals surface area contributed by atoms with Gasteiger partial charge in [0.15, 0.2) is 0 Å². The van der Waals surface area contributed by atoms with E-state index in [1.54, 1.807) is 19.1 Å². The Morgan fingerprint density at radius 1 is 1.03 bits per heavy atom. The van der Waals surface area contributed by atoms with Crippen molar-refractivity contribution in [2.45, 2.75) is 95.9 Å². The van der Waals surface area contributed by atoms with Crippen LogP contribution in [0.5, 0.6) is 0 Å². The molecule has 2 aromatic carbocycles. The van der Waals surface area contributed by atoms with Crippen LogP contribution >= 0.6 is 0 Å². The Morgan fingerprint density at radius 3 is 2.18 bits per heavy atom. The summed E-state index contributed by atoms with van der Waals surface area (Å²) in [4.78, 5) is 29.2. The van der Waals surface area contributed by atoms with Crippen LogP contribution in [0.1, 0.15) is 112 Å². The van der Waals surface area contributed by atoms with Crippen LogP contribution < -0.4 is 4.83 Å². The van der Waals surface area contributed by atoms with Crippen molar-refractivity contribution < 1.29 is 22.7 Å². The largest absolute Gasteiger partial charge is 0.464 e. The average Bonchev–Trinajstić information content (AvgIpc) is 3.00. The number of fused-ring (bicyclic) bond motifs is 1. The zero-order valence-electron chi connectivity index (χ0n) is 23.4. The first kappa shape index (κ1) is 29.5. The number of ketones is 1. The maximum atomic E-state index is 13.7. The Balaban J connectivity index is 2.09. The Labute approximate surface area is 226 Å². The number of benzene rings is 2. The first-order valence-electron chi connectivity index (χ1n) is 13.3. The summed E-state index contributed by atoms with van der Waals surface area (Å²) in [5, 5.41) is 7.90. The van der Waals surface area contributed by atoms with E-state index in [-0.39, 0.29) is 35.7 Å². The molecule has 0 fully saturated rings. The molecule has 0 aliphatic heterocycles. The van der Waals surface area contributed by atoms with Crippen molar-refractivity contribution in [1.82, 2.24) is 4.83 Å². The van der Waals surface area contributed by atoms with Crippen molar-refractivity contribution in [3.8, 4) is 0 Å². The topological polar surface area (TPSA) is 114 Å². The molecule has 1 aliphatic rings. The normalized spacial score (nSPS) is 18.2. The number of Topliss-reactive ketones (excluding diaryl/α,β-unsaturated/α-hetero) is 1. The zero-order chi connectivity index (χ0) is 28.3. The van der Waals surface area contributed by atoms with Crippen LogP contribution in [0, 0.1) is 0 Å². The highest BCUT2D eigenvalue weighted by atomic mass is 32.2. The predicted molar refractivity (Wildman–Crippen MR) is 147 cm³/mol. The molecule has 0 radical (unpaired) electrons. The number of aryl methyl sites for hydroxylation is 1. The third-order valence-corrected chi connectivity index (χ3v) is 8.30. The van der Waals surface area contributed by atoms with E-state index in [9.17, 15) is 18.0 Å². The minimum atomic E-state index is -4.18. The highest BCUT2D eigenvalue weighted by Gasteiger charge is 2.50. The Morgan fingerprint density at radius 2 is 1.63 bits per heavy atom. The first-order chi connectivity index (χ1) is 17.9. The lowest BCUT2D eigenvalue weighted by molar-refractivity contribution is -0.148. The van der Waals surface area contributed by atoms with Crippen LogP contribution in [-0.2, 0) is 26.0 Å². The van der Waals surface area contributed by atoms with Crippen LogP contribution in [0.25, 0.3) is 0 Å². The van der Waals surface area contributed by atoms with E-state index < -0.39 is 27.3 Å². The van der Waals surface area contributed by atoms with Gasteiger partial charge in [0, 0.05) is 5.56 Å². The van der Waals surface area contributed by atoms with E-state index in [1.165, 1.54) is 0 Å². The highest BCUT2D eigenvalue weighted by Crippen LogP contribution is 2.36. The molecule has 0 saturated heterocycles. The van der Waals surface area contributed by atoms with Crippen LogP contribution in [-0.4, -0.2) is 32.3 Å². The lowest BCUT2D eigenvalue weighted by Gasteiger charge is -2.24. The van der Waals surface area contributed by atoms with Gasteiger partial charge in [0.05, 0.1) is 11.5 Å². The predicted octanol–water partition coefficient (Wildman–Crippen LogP) is 6.22. The lowest BCUT2D eigenvalue weighted by atomic mass is 9.87. The summed E-state index contributed by atoms with van der Waals surface area (Å²) in [7, 11) is -4.18. The molecule has 1 N–H and O–H groups in total. The number of hydrogen-bond donors (Lipinski definition) is 1. The quantitative estimate of drug-likeness (QED) is 0.133. The number of carbonyl (C=O) groups excluding carboxylic acids is 2. The number of nitrogens with zero attached hydrogens (tertiary/aromatic N) is 2. The molecule has 0 spiro atoms. The number of sulfonamides is 1. The van der Waals surface area contributed by atoms with E-state index >= 15 is 0 Å². The van der Waals surface area contributed by atoms with Gasteiger partial charge in [-0.3, -0.25) is 4.79 Å². The molecule has 0 amide bonds. The van der Waals surface area contributed by atoms with Crippen LogP contribution in [0.15, 0.2) is 51.6 Å². The SMILES string of the molecule is CCOC(=O)C1(N=NNS(=O)(=O)c2c(C(C)C)cc(C(C)C)cc2C(C)C)CCCc2ccccc2C1=O. The van der Waals surface area contributed by atoms with Gasteiger partial charge in [-0.2, -0.15) is 13.2 Å². The second kappa shape index (κ2) is 11.8. The average molecular weight is 542 g/mol. The van der Waals surface area contributed by atoms with E-state index in [1.807, 2.05) is 52.0 Å². The number of carbonyl (C=O) groups is 2.